The minimum absolute atomic E-state index is 0.168. The zero-order valence-corrected chi connectivity index (χ0v) is 14.3. The summed E-state index contributed by atoms with van der Waals surface area (Å²) < 4.78 is 5.04. The fourth-order valence-corrected chi connectivity index (χ4v) is 4.12. The first-order valence-corrected chi connectivity index (χ1v) is 8.77. The highest BCUT2D eigenvalue weighted by Crippen LogP contribution is 2.59. The zero-order chi connectivity index (χ0) is 17.3. The van der Waals surface area contributed by atoms with E-state index in [0.29, 0.717) is 29.0 Å². The van der Waals surface area contributed by atoms with E-state index in [-0.39, 0.29) is 36.4 Å². The Morgan fingerprint density at radius 3 is 2.50 bits per heavy atom. The first-order chi connectivity index (χ1) is 11.5. The molecule has 2 aliphatic carbocycles. The Hall–Kier alpha value is -1.59. The summed E-state index contributed by atoms with van der Waals surface area (Å²) in [5, 5.41) is 13.2. The number of benzene rings is 1. The summed E-state index contributed by atoms with van der Waals surface area (Å²) in [5.41, 5.74) is 0.513. The van der Waals surface area contributed by atoms with Gasteiger partial charge in [-0.15, -0.1) is 0 Å². The third-order valence-electron chi connectivity index (χ3n) is 5.07. The van der Waals surface area contributed by atoms with Crippen LogP contribution in [0.4, 0.5) is 0 Å². The zero-order valence-electron chi connectivity index (χ0n) is 13.6. The van der Waals surface area contributed by atoms with Gasteiger partial charge in [-0.05, 0) is 61.8 Å². The van der Waals surface area contributed by atoms with E-state index in [1.165, 1.54) is 0 Å². The number of esters is 1. The number of amides is 1. The summed E-state index contributed by atoms with van der Waals surface area (Å²) in [5.74, 6) is 0.514. The molecule has 2 aliphatic rings. The van der Waals surface area contributed by atoms with Crippen molar-refractivity contribution in [1.29, 1.82) is 0 Å². The van der Waals surface area contributed by atoms with Crippen LogP contribution in [0, 0.1) is 17.8 Å². The molecular weight excluding hydrogens is 330 g/mol. The molecular formula is C18H22ClNO4. The number of carbonyl (C=O) groups is 2. The maximum Gasteiger partial charge on any atom is 0.307 e. The largest absolute Gasteiger partial charge is 0.466 e. The third kappa shape index (κ3) is 3.73. The lowest BCUT2D eigenvalue weighted by atomic mass is 9.99. The van der Waals surface area contributed by atoms with Gasteiger partial charge < -0.3 is 15.2 Å². The van der Waals surface area contributed by atoms with Crippen LogP contribution in [0.15, 0.2) is 24.3 Å². The van der Waals surface area contributed by atoms with E-state index in [4.69, 9.17) is 16.3 Å². The smallest absolute Gasteiger partial charge is 0.307 e. The molecule has 0 aromatic heterocycles. The second-order valence-corrected chi connectivity index (χ2v) is 7.06. The highest BCUT2D eigenvalue weighted by atomic mass is 35.5. The molecule has 0 bridgehead atoms. The minimum Gasteiger partial charge on any atom is -0.466 e. The number of rotatable bonds is 6. The highest BCUT2D eigenvalue weighted by molar-refractivity contribution is 6.30. The molecule has 0 spiro atoms. The molecule has 130 valence electrons. The summed E-state index contributed by atoms with van der Waals surface area (Å²) >= 11 is 5.85. The van der Waals surface area contributed by atoms with E-state index in [1.807, 2.05) is 0 Å². The van der Waals surface area contributed by atoms with Crippen molar-refractivity contribution in [3.63, 3.8) is 0 Å². The number of hydrogen-bond acceptors (Lipinski definition) is 4. The number of ether oxygens (including phenoxy) is 1. The molecule has 0 saturated heterocycles. The normalized spacial score (nSPS) is 28.8. The van der Waals surface area contributed by atoms with E-state index in [1.54, 1.807) is 31.2 Å². The van der Waals surface area contributed by atoms with E-state index in [9.17, 15) is 14.7 Å². The van der Waals surface area contributed by atoms with E-state index < -0.39 is 0 Å². The lowest BCUT2D eigenvalue weighted by Gasteiger charge is -2.21. The van der Waals surface area contributed by atoms with Gasteiger partial charge in [0.15, 0.2) is 0 Å². The van der Waals surface area contributed by atoms with E-state index in [2.05, 4.69) is 5.32 Å². The lowest BCUT2D eigenvalue weighted by molar-refractivity contribution is -0.143. The molecule has 1 aromatic rings. The van der Waals surface area contributed by atoms with Crippen molar-refractivity contribution >= 4 is 23.5 Å². The second-order valence-electron chi connectivity index (χ2n) is 6.63. The second kappa shape index (κ2) is 7.11. The molecule has 6 heteroatoms. The fourth-order valence-electron chi connectivity index (χ4n) is 4.00. The summed E-state index contributed by atoms with van der Waals surface area (Å²) in [6.07, 6.45) is 1.43. The van der Waals surface area contributed by atoms with Gasteiger partial charge in [-0.25, -0.2) is 0 Å². The van der Waals surface area contributed by atoms with Crippen LogP contribution in [0.3, 0.4) is 0 Å². The lowest BCUT2D eigenvalue weighted by Crippen LogP contribution is -2.40. The number of aliphatic hydroxyl groups is 1. The maximum atomic E-state index is 12.5. The number of hydrogen-bond donors (Lipinski definition) is 2. The molecule has 2 N–H and O–H groups in total. The molecule has 24 heavy (non-hydrogen) atoms. The molecule has 5 nitrogen and oxygen atoms in total. The molecule has 1 amide bonds. The van der Waals surface area contributed by atoms with Gasteiger partial charge in [-0.1, -0.05) is 11.6 Å². The Balaban J connectivity index is 1.67. The predicted molar refractivity (Wildman–Crippen MR) is 89.7 cm³/mol. The summed E-state index contributed by atoms with van der Waals surface area (Å²) in [4.78, 5) is 24.4. The Morgan fingerprint density at radius 2 is 1.92 bits per heavy atom. The van der Waals surface area contributed by atoms with Crippen LogP contribution in [0.25, 0.3) is 0 Å². The topological polar surface area (TPSA) is 75.6 Å². The van der Waals surface area contributed by atoms with Crippen LogP contribution in [0.2, 0.25) is 5.02 Å². The van der Waals surface area contributed by atoms with E-state index in [0.717, 1.165) is 12.8 Å². The summed E-state index contributed by atoms with van der Waals surface area (Å²) in [6.45, 7) is 2.09. The molecule has 0 radical (unpaired) electrons. The quantitative estimate of drug-likeness (QED) is 0.772. The third-order valence-corrected chi connectivity index (χ3v) is 5.32. The SMILES string of the molecule is CCOC(=O)CC(NC(=O)c1ccc(Cl)cc1)[C@H]1[C@@H]2C[C@@H](O)C[C@@H]21. The van der Waals surface area contributed by atoms with Crippen molar-refractivity contribution in [2.24, 2.45) is 17.8 Å². The minimum atomic E-state index is -0.301. The van der Waals surface area contributed by atoms with Gasteiger partial charge in [0.25, 0.3) is 5.91 Å². The van der Waals surface area contributed by atoms with Gasteiger partial charge in [-0.3, -0.25) is 9.59 Å². The molecule has 1 unspecified atom stereocenters. The van der Waals surface area contributed by atoms with Gasteiger partial charge in [0.2, 0.25) is 0 Å². The number of halogens is 1. The highest BCUT2D eigenvalue weighted by Gasteiger charge is 2.59. The van der Waals surface area contributed by atoms with E-state index >= 15 is 0 Å². The fraction of sp³-hybridized carbons (Fsp3) is 0.556. The Kier molecular flexibility index (Phi) is 5.11. The summed E-state index contributed by atoms with van der Waals surface area (Å²) in [7, 11) is 0. The molecule has 0 aliphatic heterocycles. The maximum absolute atomic E-state index is 12.5. The van der Waals surface area contributed by atoms with Gasteiger partial charge >= 0.3 is 5.97 Å². The Morgan fingerprint density at radius 1 is 1.29 bits per heavy atom. The van der Waals surface area contributed by atoms with Crippen LogP contribution >= 0.6 is 11.6 Å². The Labute approximate surface area is 146 Å². The van der Waals surface area contributed by atoms with Crippen LogP contribution in [0.5, 0.6) is 0 Å². The molecule has 0 heterocycles. The van der Waals surface area contributed by atoms with Crippen molar-refractivity contribution in [2.45, 2.75) is 38.3 Å². The Bertz CT molecular complexity index is 606. The van der Waals surface area contributed by atoms with Gasteiger partial charge in [0.05, 0.1) is 19.1 Å². The van der Waals surface area contributed by atoms with Gasteiger partial charge in [-0.2, -0.15) is 0 Å². The van der Waals surface area contributed by atoms with Crippen molar-refractivity contribution in [3.05, 3.63) is 34.9 Å². The monoisotopic (exact) mass is 351 g/mol. The van der Waals surface area contributed by atoms with Crippen molar-refractivity contribution < 1.29 is 19.4 Å². The van der Waals surface area contributed by atoms with Crippen molar-refractivity contribution in [1.82, 2.24) is 5.32 Å². The predicted octanol–water partition coefficient (Wildman–Crippen LogP) is 2.41. The number of aliphatic hydroxyl groups excluding tert-OH is 1. The number of fused-ring (bicyclic) bond motifs is 1. The standard InChI is InChI=1S/C18H22ClNO4/c1-2-24-16(22)9-15(17-13-7-12(21)8-14(13)17)20-18(23)10-3-5-11(19)6-4-10/h3-6,12-15,17,21H,2,7-9H2,1H3,(H,20,23)/t12-,13-,14+,15?,17+. The average Bonchev–Trinajstić information content (AvgIpc) is 3.04. The number of carbonyl (C=O) groups excluding carboxylic acids is 2. The first kappa shape index (κ1) is 17.2. The van der Waals surface area contributed by atoms with Crippen LogP contribution in [-0.4, -0.2) is 35.7 Å². The van der Waals surface area contributed by atoms with Gasteiger partial charge in [0.1, 0.15) is 0 Å². The molecule has 5 atom stereocenters. The van der Waals surface area contributed by atoms with Crippen molar-refractivity contribution in [2.75, 3.05) is 6.61 Å². The molecule has 2 fully saturated rings. The molecule has 2 saturated carbocycles. The molecule has 1 aromatic carbocycles. The number of nitrogens with one attached hydrogen (secondary N) is 1. The van der Waals surface area contributed by atoms with Crippen LogP contribution in [-0.2, 0) is 9.53 Å². The van der Waals surface area contributed by atoms with Gasteiger partial charge in [0, 0.05) is 16.6 Å². The first-order valence-electron chi connectivity index (χ1n) is 8.39. The van der Waals surface area contributed by atoms with Crippen LogP contribution < -0.4 is 5.32 Å². The van der Waals surface area contributed by atoms with Crippen molar-refractivity contribution in [3.8, 4) is 0 Å². The molecule has 3 rings (SSSR count). The van der Waals surface area contributed by atoms with Crippen LogP contribution in [0.1, 0.15) is 36.5 Å². The summed E-state index contributed by atoms with van der Waals surface area (Å²) in [6, 6.07) is 6.40. The average molecular weight is 352 g/mol.